The standard InChI is InChI=1S/C20H13Cl2F3N2O2/c21-16-5-1-14(2-6-16)12-28-27-10-13-3-7-17(8-4-13)29-19-18(22)9-15(11-26-19)20(23,24)25/h1-11H,12H2/b27-10-. The van der Waals surface area contributed by atoms with Gasteiger partial charge in [-0.1, -0.05) is 40.5 Å². The summed E-state index contributed by atoms with van der Waals surface area (Å²) >= 11 is 11.6. The first kappa shape index (κ1) is 21.0. The highest BCUT2D eigenvalue weighted by molar-refractivity contribution is 6.32. The van der Waals surface area contributed by atoms with E-state index < -0.39 is 11.7 Å². The van der Waals surface area contributed by atoms with Crippen molar-refractivity contribution >= 4 is 29.4 Å². The number of ether oxygens (including phenoxy) is 1. The fourth-order valence-corrected chi connectivity index (χ4v) is 2.51. The van der Waals surface area contributed by atoms with Crippen molar-refractivity contribution in [1.29, 1.82) is 0 Å². The Morgan fingerprint density at radius 1 is 1.00 bits per heavy atom. The normalized spacial score (nSPS) is 11.6. The molecular formula is C20H13Cl2F3N2O2. The Morgan fingerprint density at radius 3 is 2.31 bits per heavy atom. The molecule has 0 saturated carbocycles. The number of benzene rings is 2. The van der Waals surface area contributed by atoms with E-state index >= 15 is 0 Å². The molecule has 0 aliphatic heterocycles. The van der Waals surface area contributed by atoms with Crippen LogP contribution >= 0.6 is 23.2 Å². The molecule has 0 spiro atoms. The van der Waals surface area contributed by atoms with Gasteiger partial charge in [0.25, 0.3) is 0 Å². The van der Waals surface area contributed by atoms with Crippen LogP contribution in [0.1, 0.15) is 16.7 Å². The first-order chi connectivity index (χ1) is 13.8. The van der Waals surface area contributed by atoms with Crippen LogP contribution in [0.5, 0.6) is 11.6 Å². The predicted octanol–water partition coefficient (Wildman–Crippen LogP) is 6.75. The summed E-state index contributed by atoms with van der Waals surface area (Å²) in [5, 5.41) is 4.29. The molecule has 0 aliphatic rings. The largest absolute Gasteiger partial charge is 0.438 e. The lowest BCUT2D eigenvalue weighted by Crippen LogP contribution is -2.05. The fraction of sp³-hybridized carbons (Fsp3) is 0.100. The molecule has 0 bridgehead atoms. The second-order valence-corrected chi connectivity index (χ2v) is 6.66. The number of hydrogen-bond acceptors (Lipinski definition) is 4. The molecule has 1 heterocycles. The molecule has 0 fully saturated rings. The van der Waals surface area contributed by atoms with E-state index in [9.17, 15) is 13.2 Å². The van der Waals surface area contributed by atoms with Gasteiger partial charge in [0.05, 0.1) is 11.8 Å². The third-order valence-electron chi connectivity index (χ3n) is 3.65. The summed E-state index contributed by atoms with van der Waals surface area (Å²) in [5.74, 6) is 0.241. The van der Waals surface area contributed by atoms with Crippen LogP contribution in [0.3, 0.4) is 0 Å². The first-order valence-corrected chi connectivity index (χ1v) is 8.97. The molecule has 3 rings (SSSR count). The van der Waals surface area contributed by atoms with E-state index in [1.807, 2.05) is 12.1 Å². The van der Waals surface area contributed by atoms with Crippen molar-refractivity contribution < 1.29 is 22.7 Å². The van der Waals surface area contributed by atoms with Gasteiger partial charge in [-0.05, 0) is 53.6 Å². The summed E-state index contributed by atoms with van der Waals surface area (Å²) < 4.78 is 43.4. The molecule has 1 aromatic heterocycles. The fourth-order valence-electron chi connectivity index (χ4n) is 2.18. The molecule has 29 heavy (non-hydrogen) atoms. The Kier molecular flexibility index (Phi) is 6.61. The monoisotopic (exact) mass is 440 g/mol. The van der Waals surface area contributed by atoms with Crippen LogP contribution < -0.4 is 4.74 Å². The highest BCUT2D eigenvalue weighted by Crippen LogP contribution is 2.34. The van der Waals surface area contributed by atoms with Crippen molar-refractivity contribution in [2.45, 2.75) is 12.8 Å². The topological polar surface area (TPSA) is 43.7 Å². The smallest absolute Gasteiger partial charge is 0.417 e. The van der Waals surface area contributed by atoms with E-state index in [4.69, 9.17) is 32.8 Å². The van der Waals surface area contributed by atoms with Gasteiger partial charge < -0.3 is 9.57 Å². The van der Waals surface area contributed by atoms with Gasteiger partial charge >= 0.3 is 6.18 Å². The van der Waals surface area contributed by atoms with Crippen molar-refractivity contribution in [2.75, 3.05) is 0 Å². The second-order valence-electron chi connectivity index (χ2n) is 5.81. The molecule has 0 radical (unpaired) electrons. The Labute approximate surface area is 174 Å². The van der Waals surface area contributed by atoms with E-state index in [0.29, 0.717) is 23.6 Å². The minimum absolute atomic E-state index is 0.118. The number of halogens is 5. The van der Waals surface area contributed by atoms with E-state index in [1.165, 1.54) is 6.21 Å². The molecule has 9 heteroatoms. The van der Waals surface area contributed by atoms with E-state index in [2.05, 4.69) is 10.1 Å². The van der Waals surface area contributed by atoms with Crippen molar-refractivity contribution in [3.8, 4) is 11.6 Å². The van der Waals surface area contributed by atoms with Crippen molar-refractivity contribution in [3.63, 3.8) is 0 Å². The minimum atomic E-state index is -4.52. The lowest BCUT2D eigenvalue weighted by Gasteiger charge is -2.10. The molecule has 3 aromatic rings. The SMILES string of the molecule is FC(F)(F)c1cnc(Oc2ccc(/C=N\OCc3ccc(Cl)cc3)cc2)c(Cl)c1. The minimum Gasteiger partial charge on any atom is -0.438 e. The Bertz CT molecular complexity index is 992. The summed E-state index contributed by atoms with van der Waals surface area (Å²) in [6, 6.07) is 14.6. The van der Waals surface area contributed by atoms with Crippen LogP contribution in [0.4, 0.5) is 13.2 Å². The van der Waals surface area contributed by atoms with Crippen molar-refractivity contribution in [1.82, 2.24) is 4.98 Å². The number of nitrogens with zero attached hydrogens (tertiary/aromatic N) is 2. The first-order valence-electron chi connectivity index (χ1n) is 8.22. The quantitative estimate of drug-likeness (QED) is 0.314. The zero-order valence-electron chi connectivity index (χ0n) is 14.7. The predicted molar refractivity (Wildman–Crippen MR) is 105 cm³/mol. The van der Waals surface area contributed by atoms with Gasteiger partial charge in [-0.25, -0.2) is 4.98 Å². The van der Waals surface area contributed by atoms with Crippen LogP contribution in [0.25, 0.3) is 0 Å². The maximum Gasteiger partial charge on any atom is 0.417 e. The summed E-state index contributed by atoms with van der Waals surface area (Å²) in [4.78, 5) is 8.85. The molecule has 0 aliphatic carbocycles. The number of alkyl halides is 3. The highest BCUT2D eigenvalue weighted by atomic mass is 35.5. The van der Waals surface area contributed by atoms with Gasteiger partial charge in [-0.2, -0.15) is 13.2 Å². The van der Waals surface area contributed by atoms with Crippen molar-refractivity contribution in [2.24, 2.45) is 5.16 Å². The number of pyridine rings is 1. The lowest BCUT2D eigenvalue weighted by atomic mass is 10.2. The third-order valence-corrected chi connectivity index (χ3v) is 4.17. The third kappa shape index (κ3) is 6.10. The lowest BCUT2D eigenvalue weighted by molar-refractivity contribution is -0.137. The Morgan fingerprint density at radius 2 is 1.69 bits per heavy atom. The molecule has 0 unspecified atom stereocenters. The van der Waals surface area contributed by atoms with Gasteiger partial charge in [-0.15, -0.1) is 0 Å². The zero-order chi connectivity index (χ0) is 20.9. The Balaban J connectivity index is 1.56. The van der Waals surface area contributed by atoms with E-state index in [0.717, 1.165) is 17.2 Å². The van der Waals surface area contributed by atoms with E-state index in [1.54, 1.807) is 36.4 Å². The molecule has 4 nitrogen and oxygen atoms in total. The Hall–Kier alpha value is -2.77. The van der Waals surface area contributed by atoms with Gasteiger partial charge in [0.1, 0.15) is 17.4 Å². The van der Waals surface area contributed by atoms with Crippen LogP contribution in [-0.4, -0.2) is 11.2 Å². The maximum absolute atomic E-state index is 12.6. The summed E-state index contributed by atoms with van der Waals surface area (Å²) in [6.07, 6.45) is -2.34. The van der Waals surface area contributed by atoms with Gasteiger partial charge in [-0.3, -0.25) is 0 Å². The number of rotatable bonds is 6. The van der Waals surface area contributed by atoms with Crippen LogP contribution in [0.15, 0.2) is 65.9 Å². The second kappa shape index (κ2) is 9.15. The van der Waals surface area contributed by atoms with Crippen LogP contribution in [0, 0.1) is 0 Å². The maximum atomic E-state index is 12.6. The average molecular weight is 441 g/mol. The summed E-state index contributed by atoms with van der Waals surface area (Å²) in [6.45, 7) is 0.299. The number of oxime groups is 1. The summed E-state index contributed by atoms with van der Waals surface area (Å²) in [7, 11) is 0. The number of aromatic nitrogens is 1. The highest BCUT2D eigenvalue weighted by Gasteiger charge is 2.31. The van der Waals surface area contributed by atoms with Gasteiger partial charge in [0, 0.05) is 11.2 Å². The number of hydrogen-bond donors (Lipinski definition) is 0. The van der Waals surface area contributed by atoms with Crippen molar-refractivity contribution in [3.05, 3.63) is 87.5 Å². The molecule has 0 amide bonds. The van der Waals surface area contributed by atoms with Crippen LogP contribution in [0.2, 0.25) is 10.0 Å². The molecule has 150 valence electrons. The summed E-state index contributed by atoms with van der Waals surface area (Å²) in [5.41, 5.74) is 0.719. The molecule has 0 saturated heterocycles. The van der Waals surface area contributed by atoms with Gasteiger partial charge in [0.2, 0.25) is 5.88 Å². The molecule has 2 aromatic carbocycles. The molecule has 0 N–H and O–H groups in total. The molecule has 0 atom stereocenters. The van der Waals surface area contributed by atoms with Crippen LogP contribution in [-0.2, 0) is 17.6 Å². The zero-order valence-corrected chi connectivity index (χ0v) is 16.2. The van der Waals surface area contributed by atoms with E-state index in [-0.39, 0.29) is 10.9 Å². The van der Waals surface area contributed by atoms with Gasteiger partial charge in [0.15, 0.2) is 0 Å². The average Bonchev–Trinajstić information content (AvgIpc) is 2.68. The molecular weight excluding hydrogens is 428 g/mol.